The summed E-state index contributed by atoms with van der Waals surface area (Å²) in [7, 11) is 1.41. The van der Waals surface area contributed by atoms with Gasteiger partial charge < -0.3 is 9.47 Å². The lowest BCUT2D eigenvalue weighted by Gasteiger charge is -2.11. The highest BCUT2D eigenvalue weighted by Gasteiger charge is 2.22. The molecule has 148 valence electrons. The van der Waals surface area contributed by atoms with Gasteiger partial charge >= 0.3 is 5.69 Å². The second-order valence-corrected chi connectivity index (χ2v) is 5.82. The third-order valence-corrected chi connectivity index (χ3v) is 3.79. The van der Waals surface area contributed by atoms with Gasteiger partial charge in [0, 0.05) is 29.6 Å². The number of benzene rings is 1. The Morgan fingerprint density at radius 3 is 2.71 bits per heavy atom. The smallest absolute Gasteiger partial charge is 0.315 e. The number of hydrogen-bond acceptors (Lipinski definition) is 7. The van der Waals surface area contributed by atoms with E-state index >= 15 is 0 Å². The Labute approximate surface area is 162 Å². The van der Waals surface area contributed by atoms with Crippen molar-refractivity contribution in [3.63, 3.8) is 0 Å². The van der Waals surface area contributed by atoms with Crippen molar-refractivity contribution < 1.29 is 19.2 Å². The maximum atomic E-state index is 12.0. The number of hydrogen-bond donors (Lipinski definition) is 1. The lowest BCUT2D eigenvalue weighted by atomic mass is 10.2. The summed E-state index contributed by atoms with van der Waals surface area (Å²) in [5.41, 5.74) is 2.92. The molecular formula is C19H22N4O5. The van der Waals surface area contributed by atoms with Crippen molar-refractivity contribution in [3.05, 3.63) is 57.9 Å². The molecule has 0 spiro atoms. The van der Waals surface area contributed by atoms with Crippen LogP contribution < -0.4 is 14.9 Å². The summed E-state index contributed by atoms with van der Waals surface area (Å²) in [5, 5.41) is 15.3. The lowest BCUT2D eigenvalue weighted by Crippen LogP contribution is -2.17. The van der Waals surface area contributed by atoms with Crippen LogP contribution in [-0.2, 0) is 0 Å². The number of pyridine rings is 1. The van der Waals surface area contributed by atoms with E-state index in [2.05, 4.69) is 22.4 Å². The highest BCUT2D eigenvalue weighted by Crippen LogP contribution is 2.38. The summed E-state index contributed by atoms with van der Waals surface area (Å²) in [6, 6.07) is 5.97. The number of nitro benzene ring substituents is 1. The Morgan fingerprint density at radius 1 is 1.32 bits per heavy atom. The summed E-state index contributed by atoms with van der Waals surface area (Å²) >= 11 is 0. The molecule has 0 radical (unpaired) electrons. The molecule has 0 aliphatic rings. The van der Waals surface area contributed by atoms with E-state index in [9.17, 15) is 14.9 Å². The maximum Gasteiger partial charge on any atom is 0.315 e. The van der Waals surface area contributed by atoms with E-state index in [0.717, 1.165) is 19.3 Å². The van der Waals surface area contributed by atoms with Gasteiger partial charge in [-0.05, 0) is 24.6 Å². The number of rotatable bonds is 10. The quantitative estimate of drug-likeness (QED) is 0.290. The van der Waals surface area contributed by atoms with Crippen molar-refractivity contribution in [3.8, 4) is 11.5 Å². The predicted molar refractivity (Wildman–Crippen MR) is 104 cm³/mol. The molecular weight excluding hydrogens is 364 g/mol. The van der Waals surface area contributed by atoms with Crippen molar-refractivity contribution in [2.75, 3.05) is 13.7 Å². The van der Waals surface area contributed by atoms with Crippen LogP contribution in [0.15, 0.2) is 41.8 Å². The van der Waals surface area contributed by atoms with E-state index in [4.69, 9.17) is 9.47 Å². The second-order valence-electron chi connectivity index (χ2n) is 5.82. The standard InChI is InChI=1S/C19H22N4O5/c1-3-4-5-10-28-18-16(23(25)26)11-14(12-17(18)27-2)13-21-22-19(24)15-6-8-20-9-7-15/h6-9,11-13H,3-5,10H2,1-2H3,(H,22,24)/b21-13-. The molecule has 0 bridgehead atoms. The fraction of sp³-hybridized carbons (Fsp3) is 0.316. The van der Waals surface area contributed by atoms with Gasteiger partial charge in [-0.25, -0.2) is 5.43 Å². The van der Waals surface area contributed by atoms with Crippen LogP contribution in [0.2, 0.25) is 0 Å². The topological polar surface area (TPSA) is 116 Å². The lowest BCUT2D eigenvalue weighted by molar-refractivity contribution is -0.386. The molecule has 0 aliphatic heterocycles. The first kappa shape index (κ1) is 20.8. The number of amides is 1. The summed E-state index contributed by atoms with van der Waals surface area (Å²) in [4.78, 5) is 26.7. The Morgan fingerprint density at radius 2 is 2.07 bits per heavy atom. The molecule has 0 fully saturated rings. The number of methoxy groups -OCH3 is 1. The fourth-order valence-corrected chi connectivity index (χ4v) is 2.37. The van der Waals surface area contributed by atoms with Gasteiger partial charge in [-0.1, -0.05) is 19.8 Å². The van der Waals surface area contributed by atoms with Crippen LogP contribution in [0.5, 0.6) is 11.5 Å². The minimum atomic E-state index is -0.537. The van der Waals surface area contributed by atoms with Gasteiger partial charge in [0.05, 0.1) is 24.9 Å². The number of aromatic nitrogens is 1. The Kier molecular flexibility index (Phi) is 7.89. The zero-order valence-corrected chi connectivity index (χ0v) is 15.8. The number of nitrogens with one attached hydrogen (secondary N) is 1. The molecule has 0 atom stereocenters. The summed E-state index contributed by atoms with van der Waals surface area (Å²) in [6.07, 6.45) is 7.07. The van der Waals surface area contributed by atoms with Gasteiger partial charge in [-0.3, -0.25) is 19.9 Å². The largest absolute Gasteiger partial charge is 0.493 e. The molecule has 1 heterocycles. The van der Waals surface area contributed by atoms with E-state index < -0.39 is 10.8 Å². The summed E-state index contributed by atoms with van der Waals surface area (Å²) < 4.78 is 10.8. The minimum absolute atomic E-state index is 0.0848. The van der Waals surface area contributed by atoms with Gasteiger partial charge in [0.1, 0.15) is 0 Å². The fourth-order valence-electron chi connectivity index (χ4n) is 2.37. The van der Waals surface area contributed by atoms with Gasteiger partial charge in [0.15, 0.2) is 5.75 Å². The summed E-state index contributed by atoms with van der Waals surface area (Å²) in [6.45, 7) is 2.42. The molecule has 28 heavy (non-hydrogen) atoms. The molecule has 2 aromatic rings. The van der Waals surface area contributed by atoms with E-state index in [1.54, 1.807) is 18.2 Å². The van der Waals surface area contributed by atoms with Crippen LogP contribution in [-0.4, -0.2) is 35.7 Å². The molecule has 9 heteroatoms. The molecule has 1 amide bonds. The van der Waals surface area contributed by atoms with Gasteiger partial charge in [-0.2, -0.15) is 5.10 Å². The summed E-state index contributed by atoms with van der Waals surface area (Å²) in [5.74, 6) is -0.106. The number of hydrazone groups is 1. The van der Waals surface area contributed by atoms with E-state index in [1.165, 1.54) is 31.8 Å². The van der Waals surface area contributed by atoms with Crippen molar-refractivity contribution in [2.24, 2.45) is 5.10 Å². The van der Waals surface area contributed by atoms with Crippen LogP contribution in [0.25, 0.3) is 0 Å². The van der Waals surface area contributed by atoms with Crippen molar-refractivity contribution in [1.29, 1.82) is 0 Å². The van der Waals surface area contributed by atoms with Crippen LogP contribution >= 0.6 is 0 Å². The SMILES string of the molecule is CCCCCOc1c(OC)cc(/C=N\NC(=O)c2ccncc2)cc1[N+](=O)[O-]. The van der Waals surface area contributed by atoms with E-state index in [0.29, 0.717) is 17.7 Å². The van der Waals surface area contributed by atoms with Gasteiger partial charge in [0.2, 0.25) is 5.75 Å². The maximum absolute atomic E-state index is 12.0. The van der Waals surface area contributed by atoms with Crippen LogP contribution in [0.3, 0.4) is 0 Å². The number of ether oxygens (including phenoxy) is 2. The molecule has 1 N–H and O–H groups in total. The molecule has 0 unspecified atom stereocenters. The predicted octanol–water partition coefficient (Wildman–Crippen LogP) is 3.33. The first-order chi connectivity index (χ1) is 13.6. The Hall–Kier alpha value is -3.49. The zero-order chi connectivity index (χ0) is 20.4. The molecule has 0 aliphatic carbocycles. The minimum Gasteiger partial charge on any atom is -0.493 e. The monoisotopic (exact) mass is 386 g/mol. The average Bonchev–Trinajstić information content (AvgIpc) is 2.71. The molecule has 9 nitrogen and oxygen atoms in total. The Bertz CT molecular complexity index is 840. The van der Waals surface area contributed by atoms with E-state index in [-0.39, 0.29) is 17.2 Å². The third-order valence-electron chi connectivity index (χ3n) is 3.79. The van der Waals surface area contributed by atoms with Crippen LogP contribution in [0.4, 0.5) is 5.69 Å². The molecule has 0 saturated heterocycles. The van der Waals surface area contributed by atoms with Crippen LogP contribution in [0, 0.1) is 10.1 Å². The highest BCUT2D eigenvalue weighted by atomic mass is 16.6. The zero-order valence-electron chi connectivity index (χ0n) is 15.8. The van der Waals surface area contributed by atoms with Crippen LogP contribution in [0.1, 0.15) is 42.1 Å². The van der Waals surface area contributed by atoms with Crippen molar-refractivity contribution >= 4 is 17.8 Å². The highest BCUT2D eigenvalue weighted by molar-refractivity contribution is 5.94. The number of carbonyl (C=O) groups excluding carboxylic acids is 1. The van der Waals surface area contributed by atoms with E-state index in [1.807, 2.05) is 0 Å². The number of unbranched alkanes of at least 4 members (excludes halogenated alkanes) is 2. The van der Waals surface area contributed by atoms with Gasteiger partial charge in [-0.15, -0.1) is 0 Å². The first-order valence-electron chi connectivity index (χ1n) is 8.79. The third kappa shape index (κ3) is 5.76. The number of nitro groups is 1. The van der Waals surface area contributed by atoms with Gasteiger partial charge in [0.25, 0.3) is 5.91 Å². The first-order valence-corrected chi connectivity index (χ1v) is 8.79. The molecule has 1 aromatic carbocycles. The second kappa shape index (κ2) is 10.6. The molecule has 2 rings (SSSR count). The number of carbonyl (C=O) groups is 1. The van der Waals surface area contributed by atoms with Crippen molar-refractivity contribution in [1.82, 2.24) is 10.4 Å². The average molecular weight is 386 g/mol. The molecule has 1 aromatic heterocycles. The molecule has 0 saturated carbocycles. The number of nitrogens with zero attached hydrogens (tertiary/aromatic N) is 3. The Balaban J connectivity index is 2.17. The van der Waals surface area contributed by atoms with Crippen molar-refractivity contribution in [2.45, 2.75) is 26.2 Å². The normalized spacial score (nSPS) is 10.6.